The van der Waals surface area contributed by atoms with Crippen LogP contribution in [0.1, 0.15) is 17.0 Å². The highest BCUT2D eigenvalue weighted by atomic mass is 19.4. The van der Waals surface area contributed by atoms with Crippen LogP contribution >= 0.6 is 0 Å². The maximum atomic E-state index is 12.0. The summed E-state index contributed by atoms with van der Waals surface area (Å²) in [4.78, 5) is 2.09. The van der Waals surface area contributed by atoms with Crippen LogP contribution in [-0.2, 0) is 6.18 Å². The molecule has 0 aliphatic carbocycles. The zero-order valence-corrected chi connectivity index (χ0v) is 6.16. The number of nitrogens with zero attached hydrogens (tertiary/aromatic N) is 1. The minimum atomic E-state index is -4.40. The van der Waals surface area contributed by atoms with E-state index in [2.05, 4.69) is 4.98 Å². The molecule has 12 heavy (non-hydrogen) atoms. The molecule has 64 valence electrons. The summed E-state index contributed by atoms with van der Waals surface area (Å²) in [5, 5.41) is 8.36. The molecule has 0 saturated heterocycles. The molecule has 0 atom stereocenters. The van der Waals surface area contributed by atoms with E-state index < -0.39 is 11.9 Å². The van der Waals surface area contributed by atoms with Gasteiger partial charge in [0.05, 0.1) is 5.56 Å². The second kappa shape index (κ2) is 2.55. The van der Waals surface area contributed by atoms with Gasteiger partial charge in [0.2, 0.25) is 0 Å². The zero-order valence-electron chi connectivity index (χ0n) is 6.16. The van der Waals surface area contributed by atoms with Crippen molar-refractivity contribution in [3.63, 3.8) is 0 Å². The lowest BCUT2D eigenvalue weighted by Gasteiger charge is -2.00. The third-order valence-electron chi connectivity index (χ3n) is 1.44. The van der Waals surface area contributed by atoms with Crippen LogP contribution in [0.5, 0.6) is 0 Å². The summed E-state index contributed by atoms with van der Waals surface area (Å²) >= 11 is 0. The summed E-state index contributed by atoms with van der Waals surface area (Å²) in [6.07, 6.45) is -4.40. The maximum Gasteiger partial charge on any atom is 0.431 e. The van der Waals surface area contributed by atoms with Crippen LogP contribution in [0.2, 0.25) is 0 Å². The Morgan fingerprint density at radius 1 is 1.50 bits per heavy atom. The fourth-order valence-corrected chi connectivity index (χ4v) is 0.827. The van der Waals surface area contributed by atoms with Crippen LogP contribution in [0, 0.1) is 18.3 Å². The van der Waals surface area contributed by atoms with Crippen molar-refractivity contribution in [2.75, 3.05) is 0 Å². The SMILES string of the molecule is Cc1[nH]c(C(F)(F)F)cc1C#N. The lowest BCUT2D eigenvalue weighted by Crippen LogP contribution is -2.04. The van der Waals surface area contributed by atoms with Gasteiger partial charge in [-0.3, -0.25) is 0 Å². The van der Waals surface area contributed by atoms with Gasteiger partial charge in [0.1, 0.15) is 11.8 Å². The highest BCUT2D eigenvalue weighted by molar-refractivity contribution is 5.36. The van der Waals surface area contributed by atoms with Gasteiger partial charge in [-0.1, -0.05) is 0 Å². The Bertz CT molecular complexity index is 329. The monoisotopic (exact) mass is 174 g/mol. The van der Waals surface area contributed by atoms with E-state index in [9.17, 15) is 13.2 Å². The van der Waals surface area contributed by atoms with E-state index in [1.807, 2.05) is 0 Å². The van der Waals surface area contributed by atoms with E-state index in [0.29, 0.717) is 0 Å². The number of halogens is 3. The lowest BCUT2D eigenvalue weighted by atomic mass is 10.3. The Labute approximate surface area is 66.6 Å². The molecule has 0 saturated carbocycles. The van der Waals surface area contributed by atoms with E-state index in [1.165, 1.54) is 6.92 Å². The van der Waals surface area contributed by atoms with Crippen molar-refractivity contribution in [3.8, 4) is 6.07 Å². The Hall–Kier alpha value is -1.44. The number of rotatable bonds is 0. The fraction of sp³-hybridized carbons (Fsp3) is 0.286. The molecule has 0 amide bonds. The first-order chi connectivity index (χ1) is 5.45. The van der Waals surface area contributed by atoms with Gasteiger partial charge in [0, 0.05) is 5.69 Å². The predicted molar refractivity (Wildman–Crippen MR) is 35.2 cm³/mol. The van der Waals surface area contributed by atoms with E-state index in [0.717, 1.165) is 6.07 Å². The number of nitrogens with one attached hydrogen (secondary N) is 1. The Balaban J connectivity index is 3.16. The molecule has 0 aliphatic heterocycles. The smallest absolute Gasteiger partial charge is 0.354 e. The number of aryl methyl sites for hydroxylation is 1. The highest BCUT2D eigenvalue weighted by Gasteiger charge is 2.32. The largest absolute Gasteiger partial charge is 0.431 e. The van der Waals surface area contributed by atoms with Gasteiger partial charge < -0.3 is 4.98 Å². The van der Waals surface area contributed by atoms with E-state index in [-0.39, 0.29) is 11.3 Å². The Morgan fingerprint density at radius 3 is 2.33 bits per heavy atom. The van der Waals surface area contributed by atoms with Gasteiger partial charge in [-0.2, -0.15) is 18.4 Å². The average molecular weight is 174 g/mol. The molecular formula is C7H5F3N2. The second-order valence-electron chi connectivity index (χ2n) is 2.33. The van der Waals surface area contributed by atoms with E-state index in [4.69, 9.17) is 5.26 Å². The predicted octanol–water partition coefficient (Wildman–Crippen LogP) is 2.21. The minimum Gasteiger partial charge on any atom is -0.354 e. The van der Waals surface area contributed by atoms with E-state index >= 15 is 0 Å². The fourth-order valence-electron chi connectivity index (χ4n) is 0.827. The molecule has 2 nitrogen and oxygen atoms in total. The van der Waals surface area contributed by atoms with Gasteiger partial charge in [-0.15, -0.1) is 0 Å². The highest BCUT2D eigenvalue weighted by Crippen LogP contribution is 2.29. The van der Waals surface area contributed by atoms with Crippen LogP contribution in [0.3, 0.4) is 0 Å². The normalized spacial score (nSPS) is 11.2. The van der Waals surface area contributed by atoms with Crippen molar-refractivity contribution in [2.24, 2.45) is 0 Å². The standard InChI is InChI=1S/C7H5F3N2/c1-4-5(3-11)2-6(12-4)7(8,9)10/h2,12H,1H3. The molecule has 0 spiro atoms. The van der Waals surface area contributed by atoms with Gasteiger partial charge in [0.15, 0.2) is 0 Å². The van der Waals surface area contributed by atoms with Gasteiger partial charge >= 0.3 is 6.18 Å². The topological polar surface area (TPSA) is 39.6 Å². The van der Waals surface area contributed by atoms with Gasteiger partial charge in [0.25, 0.3) is 0 Å². The second-order valence-corrected chi connectivity index (χ2v) is 2.33. The lowest BCUT2D eigenvalue weighted by molar-refractivity contribution is -0.140. The van der Waals surface area contributed by atoms with Crippen LogP contribution in [0.15, 0.2) is 6.07 Å². The molecule has 0 fully saturated rings. The first kappa shape index (κ1) is 8.65. The average Bonchev–Trinajstić information content (AvgIpc) is 2.29. The summed E-state index contributed by atoms with van der Waals surface area (Å²) in [5.41, 5.74) is -0.608. The number of nitriles is 1. The molecule has 1 aromatic heterocycles. The molecule has 1 aromatic rings. The number of H-pyrrole nitrogens is 1. The molecule has 0 aliphatic rings. The van der Waals surface area contributed by atoms with Gasteiger partial charge in [-0.25, -0.2) is 0 Å². The zero-order chi connectivity index (χ0) is 9.35. The van der Waals surface area contributed by atoms with Crippen LogP contribution < -0.4 is 0 Å². The summed E-state index contributed by atoms with van der Waals surface area (Å²) < 4.78 is 35.9. The van der Waals surface area contributed by atoms with Crippen LogP contribution in [0.4, 0.5) is 13.2 Å². The first-order valence-electron chi connectivity index (χ1n) is 3.12. The summed E-state index contributed by atoms with van der Waals surface area (Å²) in [5.74, 6) is 0. The molecule has 1 N–H and O–H groups in total. The van der Waals surface area contributed by atoms with Gasteiger partial charge in [-0.05, 0) is 13.0 Å². The van der Waals surface area contributed by atoms with E-state index in [1.54, 1.807) is 6.07 Å². The molecule has 1 heterocycles. The Kier molecular flexibility index (Phi) is 1.84. The number of aromatic amines is 1. The molecule has 0 bridgehead atoms. The minimum absolute atomic E-state index is 0.0299. The molecule has 0 unspecified atom stereocenters. The van der Waals surface area contributed by atoms with Crippen molar-refractivity contribution in [1.82, 2.24) is 4.98 Å². The number of hydrogen-bond donors (Lipinski definition) is 1. The quantitative estimate of drug-likeness (QED) is 0.643. The molecule has 5 heteroatoms. The van der Waals surface area contributed by atoms with Crippen LogP contribution in [0.25, 0.3) is 0 Å². The van der Waals surface area contributed by atoms with Crippen molar-refractivity contribution in [2.45, 2.75) is 13.1 Å². The molecule has 0 radical (unpaired) electrons. The third kappa shape index (κ3) is 1.42. The summed E-state index contributed by atoms with van der Waals surface area (Å²) in [7, 11) is 0. The molecule has 1 rings (SSSR count). The summed E-state index contributed by atoms with van der Waals surface area (Å²) in [6.45, 7) is 1.42. The van der Waals surface area contributed by atoms with Crippen molar-refractivity contribution >= 4 is 0 Å². The van der Waals surface area contributed by atoms with Crippen molar-refractivity contribution in [3.05, 3.63) is 23.0 Å². The van der Waals surface area contributed by atoms with Crippen molar-refractivity contribution < 1.29 is 13.2 Å². The number of alkyl halides is 3. The molecular weight excluding hydrogens is 169 g/mol. The summed E-state index contributed by atoms with van der Waals surface area (Å²) in [6, 6.07) is 2.46. The first-order valence-corrected chi connectivity index (χ1v) is 3.12. The maximum absolute atomic E-state index is 12.0. The van der Waals surface area contributed by atoms with Crippen molar-refractivity contribution in [1.29, 1.82) is 5.26 Å². The third-order valence-corrected chi connectivity index (χ3v) is 1.44. The number of aromatic nitrogens is 1. The molecule has 0 aromatic carbocycles. The number of hydrogen-bond acceptors (Lipinski definition) is 1. The van der Waals surface area contributed by atoms with Crippen LogP contribution in [-0.4, -0.2) is 4.98 Å². The Morgan fingerprint density at radius 2 is 2.08 bits per heavy atom.